The highest BCUT2D eigenvalue weighted by molar-refractivity contribution is 6.08. The molecule has 0 saturated carbocycles. The van der Waals surface area contributed by atoms with Crippen LogP contribution in [0.3, 0.4) is 0 Å². The van der Waals surface area contributed by atoms with Crippen LogP contribution in [0, 0.1) is 0 Å². The second kappa shape index (κ2) is 5.53. The maximum atomic E-state index is 11.7. The number of likely N-dealkylation sites (N-methyl/N-ethyl adjacent to an activating group) is 1. The first-order valence-corrected chi connectivity index (χ1v) is 5.45. The van der Waals surface area contributed by atoms with Crippen molar-refractivity contribution >= 4 is 11.9 Å². The van der Waals surface area contributed by atoms with Crippen LogP contribution in [0.2, 0.25) is 0 Å². The minimum absolute atomic E-state index is 0.0877. The summed E-state index contributed by atoms with van der Waals surface area (Å²) in [7, 11) is 0. The predicted molar refractivity (Wildman–Crippen MR) is 59.4 cm³/mol. The van der Waals surface area contributed by atoms with Gasteiger partial charge in [-0.05, 0) is 26.3 Å². The number of rotatable bonds is 4. The molecule has 0 unspecified atom stereocenters. The summed E-state index contributed by atoms with van der Waals surface area (Å²) in [4.78, 5) is 17.5. The van der Waals surface area contributed by atoms with Crippen molar-refractivity contribution in [1.82, 2.24) is 4.90 Å². The minimum atomic E-state index is -0.0877. The third-order valence-corrected chi connectivity index (χ3v) is 2.23. The molecule has 0 N–H and O–H groups in total. The number of ether oxygens (including phenoxy) is 1. The lowest BCUT2D eigenvalue weighted by Crippen LogP contribution is -2.29. The number of unbranched alkanes of at least 4 members (excludes halogenated alkanes) is 1. The number of amides is 1. The molecule has 1 heterocycles. The van der Waals surface area contributed by atoms with Crippen LogP contribution in [0.5, 0.6) is 0 Å². The van der Waals surface area contributed by atoms with Gasteiger partial charge in [0.25, 0.3) is 11.9 Å². The molecule has 0 aromatic carbocycles. The Balaban J connectivity index is 2.73. The average Bonchev–Trinajstić information content (AvgIpc) is 2.55. The lowest BCUT2D eigenvalue weighted by atomic mass is 10.3. The van der Waals surface area contributed by atoms with Gasteiger partial charge in [0.1, 0.15) is 0 Å². The molecule has 4 nitrogen and oxygen atoms in total. The summed E-state index contributed by atoms with van der Waals surface area (Å²) in [5, 5.41) is 0. The van der Waals surface area contributed by atoms with E-state index in [2.05, 4.69) is 11.9 Å². The van der Waals surface area contributed by atoms with Gasteiger partial charge in [-0.15, -0.1) is 0 Å². The molecule has 84 valence electrons. The topological polar surface area (TPSA) is 41.9 Å². The van der Waals surface area contributed by atoms with E-state index in [1.807, 2.05) is 6.92 Å². The molecule has 1 saturated heterocycles. The molecule has 4 heteroatoms. The first-order chi connectivity index (χ1) is 7.24. The largest absolute Gasteiger partial charge is 0.420 e. The zero-order chi connectivity index (χ0) is 11.3. The van der Waals surface area contributed by atoms with Crippen LogP contribution < -0.4 is 0 Å². The van der Waals surface area contributed by atoms with Crippen LogP contribution in [0.15, 0.2) is 16.8 Å². The zero-order valence-corrected chi connectivity index (χ0v) is 9.62. The summed E-state index contributed by atoms with van der Waals surface area (Å²) in [6.07, 6.45) is 3.78. The molecule has 0 aromatic rings. The van der Waals surface area contributed by atoms with Crippen LogP contribution in [0.25, 0.3) is 0 Å². The Morgan fingerprint density at radius 2 is 2.20 bits per heavy atom. The number of nitrogens with zero attached hydrogens (tertiary/aromatic N) is 2. The van der Waals surface area contributed by atoms with Gasteiger partial charge >= 0.3 is 0 Å². The molecule has 15 heavy (non-hydrogen) atoms. The monoisotopic (exact) mass is 210 g/mol. The molecule has 0 radical (unpaired) electrons. The predicted octanol–water partition coefficient (Wildman–Crippen LogP) is 1.93. The molecular formula is C11H18N2O2. The summed E-state index contributed by atoms with van der Waals surface area (Å²) < 4.78 is 5.36. The van der Waals surface area contributed by atoms with E-state index in [0.717, 1.165) is 12.8 Å². The summed E-state index contributed by atoms with van der Waals surface area (Å²) in [6, 6.07) is 0.448. The number of aliphatic imine (C=N–C) groups is 1. The maximum Gasteiger partial charge on any atom is 0.300 e. The summed E-state index contributed by atoms with van der Waals surface area (Å²) in [5.74, 6) is 0.294. The van der Waals surface area contributed by atoms with Crippen molar-refractivity contribution < 1.29 is 9.53 Å². The fourth-order valence-electron chi connectivity index (χ4n) is 1.33. The van der Waals surface area contributed by atoms with Gasteiger partial charge in [-0.3, -0.25) is 9.69 Å². The van der Waals surface area contributed by atoms with Gasteiger partial charge < -0.3 is 4.74 Å². The second-order valence-electron chi connectivity index (χ2n) is 3.32. The molecule has 1 amide bonds. The van der Waals surface area contributed by atoms with E-state index in [9.17, 15) is 4.79 Å². The van der Waals surface area contributed by atoms with Gasteiger partial charge in [0.15, 0.2) is 5.76 Å². The Bertz CT molecular complexity index is 295. The van der Waals surface area contributed by atoms with Crippen LogP contribution in [0.1, 0.15) is 33.6 Å². The van der Waals surface area contributed by atoms with E-state index in [1.54, 1.807) is 17.9 Å². The SMILES string of the molecule is C/C=C1/OC(=NCCCC)N(CC)C1=O. The fraction of sp³-hybridized carbons (Fsp3) is 0.636. The van der Waals surface area contributed by atoms with Gasteiger partial charge in [0.05, 0.1) is 0 Å². The van der Waals surface area contributed by atoms with E-state index < -0.39 is 0 Å². The first-order valence-electron chi connectivity index (χ1n) is 5.45. The fourth-order valence-corrected chi connectivity index (χ4v) is 1.33. The zero-order valence-electron chi connectivity index (χ0n) is 9.62. The highest BCUT2D eigenvalue weighted by Gasteiger charge is 2.32. The number of allylic oxidation sites excluding steroid dienone is 1. The van der Waals surface area contributed by atoms with Gasteiger partial charge in [-0.2, -0.15) is 0 Å². The smallest absolute Gasteiger partial charge is 0.300 e. The maximum absolute atomic E-state index is 11.7. The minimum Gasteiger partial charge on any atom is -0.420 e. The third kappa shape index (κ3) is 2.58. The third-order valence-electron chi connectivity index (χ3n) is 2.23. The Morgan fingerprint density at radius 1 is 1.47 bits per heavy atom. The Morgan fingerprint density at radius 3 is 2.73 bits per heavy atom. The normalized spacial score (nSPS) is 21.5. The lowest BCUT2D eigenvalue weighted by Gasteiger charge is -2.09. The molecule has 0 spiro atoms. The van der Waals surface area contributed by atoms with Crippen molar-refractivity contribution in [2.24, 2.45) is 4.99 Å². The van der Waals surface area contributed by atoms with Crippen LogP contribution >= 0.6 is 0 Å². The molecule has 1 rings (SSSR count). The summed E-state index contributed by atoms with van der Waals surface area (Å²) >= 11 is 0. The van der Waals surface area contributed by atoms with Gasteiger partial charge in [0.2, 0.25) is 0 Å². The van der Waals surface area contributed by atoms with Crippen molar-refractivity contribution in [1.29, 1.82) is 0 Å². The van der Waals surface area contributed by atoms with Crippen molar-refractivity contribution in [3.63, 3.8) is 0 Å². The standard InChI is InChI=1S/C11H18N2O2/c1-4-7-8-12-11-13(6-3)10(14)9(5-2)15-11/h5H,4,6-8H2,1-3H3/b9-5+,12-11?. The number of carbonyl (C=O) groups excluding carboxylic acids is 1. The van der Waals surface area contributed by atoms with Gasteiger partial charge in [-0.1, -0.05) is 13.3 Å². The van der Waals surface area contributed by atoms with Gasteiger partial charge in [-0.25, -0.2) is 4.99 Å². The Kier molecular flexibility index (Phi) is 4.34. The van der Waals surface area contributed by atoms with E-state index in [1.165, 1.54) is 0 Å². The van der Waals surface area contributed by atoms with Crippen LogP contribution in [-0.4, -0.2) is 29.9 Å². The quantitative estimate of drug-likeness (QED) is 0.525. The number of hydrogen-bond acceptors (Lipinski definition) is 3. The summed E-state index contributed by atoms with van der Waals surface area (Å²) in [5.41, 5.74) is 0. The second-order valence-corrected chi connectivity index (χ2v) is 3.32. The van der Waals surface area contributed by atoms with Crippen molar-refractivity contribution in [2.75, 3.05) is 13.1 Å². The van der Waals surface area contributed by atoms with E-state index in [4.69, 9.17) is 4.74 Å². The Hall–Kier alpha value is -1.32. The van der Waals surface area contributed by atoms with E-state index in [0.29, 0.717) is 24.9 Å². The molecular weight excluding hydrogens is 192 g/mol. The average molecular weight is 210 g/mol. The molecule has 1 aliphatic rings. The lowest BCUT2D eigenvalue weighted by molar-refractivity contribution is -0.122. The van der Waals surface area contributed by atoms with E-state index >= 15 is 0 Å². The highest BCUT2D eigenvalue weighted by atomic mass is 16.5. The van der Waals surface area contributed by atoms with Crippen molar-refractivity contribution in [3.05, 3.63) is 11.8 Å². The first kappa shape index (κ1) is 11.8. The highest BCUT2D eigenvalue weighted by Crippen LogP contribution is 2.16. The van der Waals surface area contributed by atoms with Gasteiger partial charge in [0, 0.05) is 13.1 Å². The number of hydrogen-bond donors (Lipinski definition) is 0. The summed E-state index contributed by atoms with van der Waals surface area (Å²) in [6.45, 7) is 7.12. The van der Waals surface area contributed by atoms with Crippen molar-refractivity contribution in [3.8, 4) is 0 Å². The van der Waals surface area contributed by atoms with Crippen LogP contribution in [-0.2, 0) is 9.53 Å². The molecule has 0 bridgehead atoms. The molecule has 0 aromatic heterocycles. The molecule has 1 fully saturated rings. The number of carbonyl (C=O) groups is 1. The molecule has 1 aliphatic heterocycles. The molecule has 0 aliphatic carbocycles. The van der Waals surface area contributed by atoms with E-state index in [-0.39, 0.29) is 5.91 Å². The molecule has 0 atom stereocenters. The van der Waals surface area contributed by atoms with Crippen LogP contribution in [0.4, 0.5) is 0 Å². The Labute approximate surface area is 90.6 Å². The number of amidine groups is 1. The van der Waals surface area contributed by atoms with Crippen molar-refractivity contribution in [2.45, 2.75) is 33.6 Å².